The molecule has 0 saturated heterocycles. The fraction of sp³-hybridized carbons (Fsp3) is 0.591. The van der Waals surface area contributed by atoms with Crippen molar-refractivity contribution in [3.8, 4) is 0 Å². The zero-order valence-electron chi connectivity index (χ0n) is 18.0. The summed E-state index contributed by atoms with van der Waals surface area (Å²) < 4.78 is 21.6. The average molecular weight is 424 g/mol. The predicted octanol–water partition coefficient (Wildman–Crippen LogP) is 3.43. The van der Waals surface area contributed by atoms with Gasteiger partial charge in [0, 0.05) is 31.6 Å². The van der Waals surface area contributed by atoms with Crippen molar-refractivity contribution in [2.45, 2.75) is 57.7 Å². The summed E-state index contributed by atoms with van der Waals surface area (Å²) in [5.74, 6) is -1.12. The van der Waals surface area contributed by atoms with E-state index in [0.29, 0.717) is 6.61 Å². The van der Waals surface area contributed by atoms with Gasteiger partial charge in [0.2, 0.25) is 6.08 Å². The van der Waals surface area contributed by atoms with Gasteiger partial charge in [-0.2, -0.15) is 0 Å². The van der Waals surface area contributed by atoms with Gasteiger partial charge in [-0.25, -0.2) is 19.4 Å². The standard InChI is InChI=1S/C22H33NO7/c1-5-13-27-19(4)10-8-9-14-30-22(17-23-18-24,11-15-28-20(25)6-2)12-16-29-21(26)7-3/h5-7,13,19H,2-3,8-12,14-17H2,1,4H3. The molecular formula is C22H33NO7. The van der Waals surface area contributed by atoms with Gasteiger partial charge >= 0.3 is 11.9 Å². The Balaban J connectivity index is 4.88. The van der Waals surface area contributed by atoms with Gasteiger partial charge in [0.25, 0.3) is 0 Å². The molecule has 8 nitrogen and oxygen atoms in total. The van der Waals surface area contributed by atoms with Gasteiger partial charge in [-0.05, 0) is 33.1 Å². The second-order valence-corrected chi connectivity index (χ2v) is 6.59. The quantitative estimate of drug-likeness (QED) is 0.0831. The summed E-state index contributed by atoms with van der Waals surface area (Å²) in [6.07, 6.45) is 10.3. The summed E-state index contributed by atoms with van der Waals surface area (Å²) in [4.78, 5) is 37.0. The highest BCUT2D eigenvalue weighted by Gasteiger charge is 2.32. The van der Waals surface area contributed by atoms with Crippen molar-refractivity contribution in [1.82, 2.24) is 0 Å². The van der Waals surface area contributed by atoms with E-state index in [-0.39, 0.29) is 38.7 Å². The van der Waals surface area contributed by atoms with Crippen molar-refractivity contribution in [1.29, 1.82) is 0 Å². The van der Waals surface area contributed by atoms with Gasteiger partial charge in [0.05, 0.1) is 37.7 Å². The lowest BCUT2D eigenvalue weighted by Gasteiger charge is -2.32. The van der Waals surface area contributed by atoms with Crippen molar-refractivity contribution >= 4 is 18.0 Å². The first kappa shape index (κ1) is 27.3. The molecule has 0 spiro atoms. The number of rotatable bonds is 18. The molecule has 0 rings (SSSR count). The molecule has 1 atom stereocenters. The van der Waals surface area contributed by atoms with Crippen molar-refractivity contribution in [3.05, 3.63) is 37.6 Å². The predicted molar refractivity (Wildman–Crippen MR) is 112 cm³/mol. The molecule has 30 heavy (non-hydrogen) atoms. The first-order valence-electron chi connectivity index (χ1n) is 9.95. The average Bonchev–Trinajstić information content (AvgIpc) is 2.75. The molecule has 0 bridgehead atoms. The van der Waals surface area contributed by atoms with E-state index in [1.54, 1.807) is 6.26 Å². The number of unbranched alkanes of at least 4 members (excludes halogenated alkanes) is 1. The Morgan fingerprint density at radius 3 is 2.17 bits per heavy atom. The van der Waals surface area contributed by atoms with Crippen molar-refractivity contribution < 1.29 is 33.3 Å². The summed E-state index contributed by atoms with van der Waals surface area (Å²) in [6, 6.07) is 0. The van der Waals surface area contributed by atoms with Gasteiger partial charge in [-0.3, -0.25) is 0 Å². The Hall–Kier alpha value is -2.70. The zero-order chi connectivity index (χ0) is 22.7. The van der Waals surface area contributed by atoms with Crippen LogP contribution in [0.2, 0.25) is 0 Å². The number of ether oxygens (including phenoxy) is 4. The molecule has 0 heterocycles. The number of aliphatic imine (C=N–C) groups is 1. The number of isocyanates is 1. The van der Waals surface area contributed by atoms with E-state index in [9.17, 15) is 14.4 Å². The first-order chi connectivity index (χ1) is 14.4. The number of carbonyl (C=O) groups excluding carboxylic acids is 3. The van der Waals surface area contributed by atoms with Crippen molar-refractivity contribution in [2.24, 2.45) is 4.99 Å². The molecule has 168 valence electrons. The molecule has 0 aromatic rings. The SMILES string of the molecule is C=CC(=O)OCCC(CCOC(=O)C=C)(CN=C=O)OCCCCC(C)OC=CC. The van der Waals surface area contributed by atoms with E-state index in [1.807, 2.05) is 19.9 Å². The molecule has 0 aromatic carbocycles. The number of hydrogen-bond acceptors (Lipinski definition) is 8. The minimum absolute atomic E-state index is 0.00852. The van der Waals surface area contributed by atoms with Crippen LogP contribution in [0.15, 0.2) is 42.6 Å². The third-order valence-electron chi connectivity index (χ3n) is 4.23. The lowest BCUT2D eigenvalue weighted by atomic mass is 9.95. The van der Waals surface area contributed by atoms with Crippen LogP contribution in [0.5, 0.6) is 0 Å². The lowest BCUT2D eigenvalue weighted by Crippen LogP contribution is -2.39. The fourth-order valence-corrected chi connectivity index (χ4v) is 2.55. The molecule has 0 radical (unpaired) electrons. The number of esters is 2. The Bertz CT molecular complexity index is 583. The van der Waals surface area contributed by atoms with Gasteiger partial charge in [-0.1, -0.05) is 19.2 Å². The molecule has 1 unspecified atom stereocenters. The first-order valence-corrected chi connectivity index (χ1v) is 9.95. The van der Waals surface area contributed by atoms with Crippen LogP contribution in [-0.4, -0.2) is 56.1 Å². The maximum Gasteiger partial charge on any atom is 0.330 e. The minimum atomic E-state index is -0.937. The highest BCUT2D eigenvalue weighted by atomic mass is 16.5. The van der Waals surface area contributed by atoms with E-state index < -0.39 is 17.5 Å². The van der Waals surface area contributed by atoms with Gasteiger partial charge in [0.15, 0.2) is 0 Å². The Morgan fingerprint density at radius 2 is 1.67 bits per heavy atom. The van der Waals surface area contributed by atoms with Crippen LogP contribution < -0.4 is 0 Å². The maximum absolute atomic E-state index is 11.3. The molecule has 0 N–H and O–H groups in total. The fourth-order valence-electron chi connectivity index (χ4n) is 2.55. The number of hydrogen-bond donors (Lipinski definition) is 0. The van der Waals surface area contributed by atoms with E-state index >= 15 is 0 Å². The molecular weight excluding hydrogens is 390 g/mol. The molecule has 0 aliphatic carbocycles. The van der Waals surface area contributed by atoms with Crippen LogP contribution >= 0.6 is 0 Å². The molecule has 8 heteroatoms. The maximum atomic E-state index is 11.3. The largest absolute Gasteiger partial charge is 0.499 e. The monoisotopic (exact) mass is 423 g/mol. The number of carbonyl (C=O) groups is 2. The van der Waals surface area contributed by atoms with E-state index in [4.69, 9.17) is 18.9 Å². The smallest absolute Gasteiger partial charge is 0.330 e. The number of allylic oxidation sites excluding steroid dienone is 1. The molecule has 0 aliphatic heterocycles. The summed E-state index contributed by atoms with van der Waals surface area (Å²) >= 11 is 0. The van der Waals surface area contributed by atoms with Crippen LogP contribution in [0.1, 0.15) is 46.0 Å². The molecule has 0 saturated carbocycles. The Morgan fingerprint density at radius 1 is 1.07 bits per heavy atom. The number of nitrogens with zero attached hydrogens (tertiary/aromatic N) is 1. The highest BCUT2D eigenvalue weighted by molar-refractivity contribution is 5.81. The summed E-state index contributed by atoms with van der Waals surface area (Å²) in [5.41, 5.74) is -0.937. The van der Waals surface area contributed by atoms with Crippen LogP contribution in [-0.2, 0) is 33.3 Å². The van der Waals surface area contributed by atoms with Gasteiger partial charge in [-0.15, -0.1) is 0 Å². The second-order valence-electron chi connectivity index (χ2n) is 6.59. The topological polar surface area (TPSA) is 100 Å². The molecule has 0 aromatic heterocycles. The van der Waals surface area contributed by atoms with Gasteiger partial charge < -0.3 is 18.9 Å². The van der Waals surface area contributed by atoms with E-state index in [2.05, 4.69) is 18.2 Å². The summed E-state index contributed by atoms with van der Waals surface area (Å²) in [5, 5.41) is 0. The zero-order valence-corrected chi connectivity index (χ0v) is 18.0. The third kappa shape index (κ3) is 13.5. The Labute approximate surface area is 178 Å². The normalized spacial score (nSPS) is 11.9. The van der Waals surface area contributed by atoms with Crippen LogP contribution in [0.4, 0.5) is 0 Å². The molecule has 0 fully saturated rings. The lowest BCUT2D eigenvalue weighted by molar-refractivity contribution is -0.142. The van der Waals surface area contributed by atoms with E-state index in [1.165, 1.54) is 6.08 Å². The minimum Gasteiger partial charge on any atom is -0.499 e. The third-order valence-corrected chi connectivity index (χ3v) is 4.23. The Kier molecular flexibility index (Phi) is 15.6. The van der Waals surface area contributed by atoms with Crippen molar-refractivity contribution in [3.63, 3.8) is 0 Å². The summed E-state index contributed by atoms with van der Waals surface area (Å²) in [6.45, 7) is 11.1. The molecule has 0 amide bonds. The van der Waals surface area contributed by atoms with E-state index in [0.717, 1.165) is 31.4 Å². The van der Waals surface area contributed by atoms with Gasteiger partial charge in [0.1, 0.15) is 0 Å². The van der Waals surface area contributed by atoms with Crippen LogP contribution in [0.3, 0.4) is 0 Å². The summed E-state index contributed by atoms with van der Waals surface area (Å²) in [7, 11) is 0. The molecule has 0 aliphatic rings. The van der Waals surface area contributed by atoms with Crippen LogP contribution in [0.25, 0.3) is 0 Å². The van der Waals surface area contributed by atoms with Crippen LogP contribution in [0, 0.1) is 0 Å². The van der Waals surface area contributed by atoms with Crippen molar-refractivity contribution in [2.75, 3.05) is 26.4 Å². The second kappa shape index (κ2) is 17.2. The highest BCUT2D eigenvalue weighted by Crippen LogP contribution is 2.23.